The van der Waals surface area contributed by atoms with Crippen molar-refractivity contribution < 1.29 is 35.9 Å². The Hall–Kier alpha value is -2.75. The summed E-state index contributed by atoms with van der Waals surface area (Å²) in [6.45, 7) is 2.30. The number of rotatable bonds is 6. The Kier molecular flexibility index (Phi) is 10.8. The number of nitrogens with zero attached hydrogens (tertiary/aromatic N) is 1. The summed E-state index contributed by atoms with van der Waals surface area (Å²) < 4.78 is 78.8. The van der Waals surface area contributed by atoms with Gasteiger partial charge < -0.3 is 10.6 Å². The number of alkyl halides is 6. The first kappa shape index (κ1) is 30.5. The lowest BCUT2D eigenvalue weighted by Crippen LogP contribution is -2.45. The molecule has 1 aliphatic rings. The first-order valence-electron chi connectivity index (χ1n) is 11.9. The molecule has 3 rings (SSSR count). The van der Waals surface area contributed by atoms with Gasteiger partial charge in [-0.05, 0) is 68.0 Å². The second-order valence-corrected chi connectivity index (χ2v) is 9.28. The maximum atomic E-state index is 13.1. The third-order valence-electron chi connectivity index (χ3n) is 5.88. The number of unbranched alkanes of at least 4 members (excludes halogenated alkanes) is 1. The Labute approximate surface area is 216 Å². The van der Waals surface area contributed by atoms with E-state index in [4.69, 9.17) is 17.3 Å². The third-order valence-corrected chi connectivity index (χ3v) is 6.14. The molecule has 0 radical (unpaired) electrons. The second-order valence-electron chi connectivity index (χ2n) is 8.84. The van der Waals surface area contributed by atoms with Gasteiger partial charge in [0.2, 0.25) is 5.91 Å². The number of halogens is 7. The fraction of sp³-hybridized carbons (Fsp3) is 0.462. The molecule has 37 heavy (non-hydrogen) atoms. The molecule has 1 heterocycles. The van der Waals surface area contributed by atoms with Crippen LogP contribution in [0.25, 0.3) is 0 Å². The average molecular weight is 551 g/mol. The summed E-state index contributed by atoms with van der Waals surface area (Å²) in [5.41, 5.74) is 2.12. The Morgan fingerprint density at radius 2 is 1.54 bits per heavy atom. The van der Waals surface area contributed by atoms with Gasteiger partial charge in [0.1, 0.15) is 0 Å². The van der Waals surface area contributed by atoms with E-state index in [0.717, 1.165) is 24.8 Å². The highest BCUT2D eigenvalue weighted by Gasteiger charge is 2.38. The first-order valence-corrected chi connectivity index (χ1v) is 12.2. The summed E-state index contributed by atoms with van der Waals surface area (Å²) in [6, 6.07) is 7.63. The Bertz CT molecular complexity index is 1020. The highest BCUT2D eigenvalue weighted by molar-refractivity contribution is 6.30. The van der Waals surface area contributed by atoms with E-state index in [1.54, 1.807) is 24.3 Å². The zero-order valence-electron chi connectivity index (χ0n) is 20.3. The molecular formula is C26H29ClF6N2O2. The lowest BCUT2D eigenvalue weighted by Gasteiger charge is -2.36. The number of hydrogen-bond donors (Lipinski definition) is 1. The van der Waals surface area contributed by atoms with Crippen LogP contribution in [0, 0.1) is 0 Å². The van der Waals surface area contributed by atoms with Crippen molar-refractivity contribution in [3.05, 3.63) is 69.7 Å². The number of nitrogens with two attached hydrogens (primary N) is 1. The van der Waals surface area contributed by atoms with Gasteiger partial charge in [-0.15, -0.1) is 0 Å². The van der Waals surface area contributed by atoms with Crippen LogP contribution in [0.2, 0.25) is 5.02 Å². The molecule has 2 aromatic rings. The molecule has 1 atom stereocenters. The second kappa shape index (κ2) is 13.2. The Morgan fingerprint density at radius 3 is 2.00 bits per heavy atom. The van der Waals surface area contributed by atoms with Gasteiger partial charge in [0.25, 0.3) is 5.91 Å². The van der Waals surface area contributed by atoms with Gasteiger partial charge in [0, 0.05) is 29.6 Å². The van der Waals surface area contributed by atoms with E-state index < -0.39 is 35.0 Å². The highest BCUT2D eigenvalue weighted by atomic mass is 35.5. The van der Waals surface area contributed by atoms with Crippen LogP contribution in [-0.4, -0.2) is 29.3 Å². The monoisotopic (exact) mass is 550 g/mol. The zero-order chi connectivity index (χ0) is 27.8. The summed E-state index contributed by atoms with van der Waals surface area (Å²) in [7, 11) is 0. The molecule has 0 aromatic heterocycles. The van der Waals surface area contributed by atoms with Crippen molar-refractivity contribution >= 4 is 23.4 Å². The topological polar surface area (TPSA) is 63.4 Å². The number of likely N-dealkylation sites (tertiary alicyclic amines) is 1. The third kappa shape index (κ3) is 9.57. The van der Waals surface area contributed by atoms with Crippen LogP contribution in [-0.2, 0) is 23.6 Å². The number of amides is 2. The maximum Gasteiger partial charge on any atom is 0.416 e. The minimum Gasteiger partial charge on any atom is -0.370 e. The number of carbonyl (C=O) groups excluding carboxylic acids is 2. The van der Waals surface area contributed by atoms with Crippen molar-refractivity contribution in [3.63, 3.8) is 0 Å². The van der Waals surface area contributed by atoms with Crippen LogP contribution >= 0.6 is 11.6 Å². The quantitative estimate of drug-likeness (QED) is 0.384. The first-order chi connectivity index (χ1) is 17.2. The molecule has 4 nitrogen and oxygen atoms in total. The summed E-state index contributed by atoms with van der Waals surface area (Å²) in [4.78, 5) is 24.3. The van der Waals surface area contributed by atoms with E-state index >= 15 is 0 Å². The predicted octanol–water partition coefficient (Wildman–Crippen LogP) is 7.28. The average Bonchev–Trinajstić information content (AvgIpc) is 2.83. The van der Waals surface area contributed by atoms with E-state index in [-0.39, 0.29) is 24.6 Å². The van der Waals surface area contributed by atoms with Crippen LogP contribution in [0.4, 0.5) is 26.3 Å². The summed E-state index contributed by atoms with van der Waals surface area (Å²) in [5, 5.41) is 0.541. The van der Waals surface area contributed by atoms with Crippen LogP contribution in [0.5, 0.6) is 0 Å². The molecule has 0 aliphatic carbocycles. The van der Waals surface area contributed by atoms with Gasteiger partial charge in [-0.1, -0.05) is 37.1 Å². The molecule has 0 saturated carbocycles. The summed E-state index contributed by atoms with van der Waals surface area (Å²) in [6.07, 6.45) is -4.99. The number of benzene rings is 2. The van der Waals surface area contributed by atoms with Crippen molar-refractivity contribution in [2.45, 2.75) is 70.3 Å². The molecular weight excluding hydrogens is 522 g/mol. The lowest BCUT2D eigenvalue weighted by atomic mass is 9.94. The normalized spacial score (nSPS) is 16.1. The smallest absolute Gasteiger partial charge is 0.370 e. The Balaban J connectivity index is 0.000000604. The Morgan fingerprint density at radius 1 is 0.973 bits per heavy atom. The highest BCUT2D eigenvalue weighted by Crippen LogP contribution is 2.37. The lowest BCUT2D eigenvalue weighted by molar-refractivity contribution is -0.143. The predicted molar refractivity (Wildman–Crippen MR) is 129 cm³/mol. The SMILES string of the molecule is CCCCC(N)=O.O=C(c1cc(C(F)(F)F)cc(C(F)(F)F)c1)N1CCCC[C@H]1Cc1ccc(Cl)cc1. The molecule has 11 heteroatoms. The van der Waals surface area contributed by atoms with Gasteiger partial charge in [0.05, 0.1) is 11.1 Å². The number of carbonyl (C=O) groups is 2. The molecule has 1 saturated heterocycles. The molecule has 0 unspecified atom stereocenters. The summed E-state index contributed by atoms with van der Waals surface area (Å²) >= 11 is 5.87. The van der Waals surface area contributed by atoms with Gasteiger partial charge in [-0.3, -0.25) is 9.59 Å². The van der Waals surface area contributed by atoms with Crippen molar-refractivity contribution in [2.75, 3.05) is 6.54 Å². The van der Waals surface area contributed by atoms with E-state index in [9.17, 15) is 35.9 Å². The molecule has 204 valence electrons. The van der Waals surface area contributed by atoms with E-state index in [1.165, 1.54) is 4.90 Å². The summed E-state index contributed by atoms with van der Waals surface area (Å²) in [5.74, 6) is -1.02. The fourth-order valence-corrected chi connectivity index (χ4v) is 4.09. The molecule has 1 aliphatic heterocycles. The van der Waals surface area contributed by atoms with E-state index in [0.29, 0.717) is 42.8 Å². The minimum absolute atomic E-state index is 0.0260. The van der Waals surface area contributed by atoms with Crippen LogP contribution in [0.3, 0.4) is 0 Å². The van der Waals surface area contributed by atoms with Gasteiger partial charge in [0.15, 0.2) is 0 Å². The maximum absolute atomic E-state index is 13.1. The minimum atomic E-state index is -5.00. The number of primary amides is 1. The molecule has 2 N–H and O–H groups in total. The zero-order valence-corrected chi connectivity index (χ0v) is 21.0. The van der Waals surface area contributed by atoms with Crippen LogP contribution in [0.15, 0.2) is 42.5 Å². The van der Waals surface area contributed by atoms with E-state index in [1.807, 2.05) is 6.92 Å². The van der Waals surface area contributed by atoms with Crippen molar-refractivity contribution in [3.8, 4) is 0 Å². The molecule has 0 bridgehead atoms. The van der Waals surface area contributed by atoms with Crippen molar-refractivity contribution in [1.29, 1.82) is 0 Å². The van der Waals surface area contributed by atoms with Gasteiger partial charge in [-0.2, -0.15) is 26.3 Å². The van der Waals surface area contributed by atoms with Gasteiger partial charge >= 0.3 is 12.4 Å². The van der Waals surface area contributed by atoms with Crippen molar-refractivity contribution in [2.24, 2.45) is 5.73 Å². The van der Waals surface area contributed by atoms with Gasteiger partial charge in [-0.25, -0.2) is 0 Å². The van der Waals surface area contributed by atoms with E-state index in [2.05, 4.69) is 0 Å². The largest absolute Gasteiger partial charge is 0.416 e. The number of piperidine rings is 1. The fourth-order valence-electron chi connectivity index (χ4n) is 3.97. The molecule has 2 amide bonds. The van der Waals surface area contributed by atoms with Crippen LogP contribution < -0.4 is 5.73 Å². The van der Waals surface area contributed by atoms with Crippen LogP contribution in [0.1, 0.15) is 72.5 Å². The molecule has 0 spiro atoms. The molecule has 1 fully saturated rings. The van der Waals surface area contributed by atoms with Crippen molar-refractivity contribution in [1.82, 2.24) is 4.90 Å². The molecule has 2 aromatic carbocycles. The number of hydrogen-bond acceptors (Lipinski definition) is 2. The standard InChI is InChI=1S/C21H18ClF6NO.C5H11NO/c22-17-6-4-13(5-7-17)9-18-3-1-2-8-29(18)19(30)14-10-15(20(23,24)25)12-16(11-14)21(26,27)28;1-2-3-4-5(6)7/h4-7,10-12,18H,1-3,8-9H2;2-4H2,1H3,(H2,6,7)/t18-;/m0./s1.